The smallest absolute Gasteiger partial charge is 0.187 e. The van der Waals surface area contributed by atoms with Crippen molar-refractivity contribution in [3.8, 4) is 0 Å². The van der Waals surface area contributed by atoms with E-state index in [1.165, 1.54) is 6.92 Å². The predicted molar refractivity (Wildman–Crippen MR) is 198 cm³/mol. The molecule has 19 N–H and O–H groups in total. The van der Waals surface area contributed by atoms with Gasteiger partial charge in [0.25, 0.3) is 0 Å². The number of rotatable bonds is 15. The van der Waals surface area contributed by atoms with Gasteiger partial charge >= 0.3 is 0 Å². The van der Waals surface area contributed by atoms with E-state index < -0.39 is 217 Å². The lowest BCUT2D eigenvalue weighted by Crippen LogP contribution is -2.69. The number of hydrogen-bond donors (Lipinski definition) is 19. The number of aliphatic hydroxyl groups is 19. The number of aliphatic hydroxyl groups excluding tert-OH is 19. The second-order valence-electron chi connectivity index (χ2n) is 16.7. The topological polar surface area (TPSA) is 486 Å². The molecule has 0 bridgehead atoms. The van der Waals surface area contributed by atoms with E-state index >= 15 is 0 Å². The van der Waals surface area contributed by atoms with Gasteiger partial charge in [-0.05, 0) is 6.92 Å². The van der Waals surface area contributed by atoms with Gasteiger partial charge in [0.1, 0.15) is 140 Å². The van der Waals surface area contributed by atoms with Gasteiger partial charge in [-0.25, -0.2) is 0 Å². The average molecular weight is 975 g/mol. The molecule has 0 aliphatic carbocycles. The van der Waals surface area contributed by atoms with E-state index in [1.807, 2.05) is 0 Å². The van der Waals surface area contributed by atoms with Gasteiger partial charge in [0.15, 0.2) is 37.7 Å². The van der Waals surface area contributed by atoms with Crippen molar-refractivity contribution in [3.63, 3.8) is 0 Å². The van der Waals surface area contributed by atoms with Crippen LogP contribution in [0.5, 0.6) is 0 Å². The first-order valence-electron chi connectivity index (χ1n) is 21.0. The minimum atomic E-state index is -2.27. The highest BCUT2D eigenvalue weighted by molar-refractivity contribution is 5.00. The SMILES string of the molecule is C[C@@H]1O[C@@H](O[C@H]2[C@H](O)[C@@H](O)[C@H](O[C@H]3[C@H](O)[C@@H](CO)O[C@@H](O[C@@H]4[C@H](O)[C@@H](O)[C@H](O)O[C@@H]4CO)[C@@H]3O[C@@H]3O[C@H](CO)[C@@H](O)[C@H](O[C@@H]4O[C@H](CO)[C@@H](O)[C@H](O)[C@H]4O)[C@H]3O)O[C@@H]2CO)[C@H](O)[C@H](O)[C@H]1O. The minimum absolute atomic E-state index is 0.903. The zero-order chi connectivity index (χ0) is 48.6. The van der Waals surface area contributed by atoms with E-state index in [0.29, 0.717) is 0 Å². The Hall–Kier alpha value is -1.20. The van der Waals surface area contributed by atoms with Gasteiger partial charge in [-0.1, -0.05) is 0 Å². The monoisotopic (exact) mass is 974 g/mol. The third-order valence-corrected chi connectivity index (χ3v) is 12.4. The molecule has 30 nitrogen and oxygen atoms in total. The summed E-state index contributed by atoms with van der Waals surface area (Å²) in [6, 6.07) is 0. The maximum atomic E-state index is 11.6. The van der Waals surface area contributed by atoms with Crippen molar-refractivity contribution >= 4 is 0 Å². The molecule has 6 rings (SSSR count). The summed E-state index contributed by atoms with van der Waals surface area (Å²) in [5.41, 5.74) is 0. The Morgan fingerprint density at radius 2 is 0.621 bits per heavy atom. The summed E-state index contributed by atoms with van der Waals surface area (Å²) in [6.07, 6.45) is -57.9. The van der Waals surface area contributed by atoms with Crippen LogP contribution in [0.25, 0.3) is 0 Å². The molecular formula is C36H62O30. The molecule has 0 radical (unpaired) electrons. The van der Waals surface area contributed by atoms with Crippen molar-refractivity contribution in [1.82, 2.24) is 0 Å². The summed E-state index contributed by atoms with van der Waals surface area (Å²) in [6.45, 7) is -3.68. The molecule has 6 aliphatic rings. The zero-order valence-electron chi connectivity index (χ0n) is 34.8. The van der Waals surface area contributed by atoms with Crippen LogP contribution < -0.4 is 0 Å². The molecule has 6 saturated heterocycles. The Labute approximate surface area is 373 Å². The van der Waals surface area contributed by atoms with Crippen LogP contribution in [-0.4, -0.2) is 314 Å². The second kappa shape index (κ2) is 22.9. The maximum absolute atomic E-state index is 11.6. The van der Waals surface area contributed by atoms with Crippen molar-refractivity contribution in [3.05, 3.63) is 0 Å². The summed E-state index contributed by atoms with van der Waals surface area (Å²) >= 11 is 0. The predicted octanol–water partition coefficient (Wildman–Crippen LogP) is -13.1. The first-order chi connectivity index (χ1) is 31.2. The molecule has 66 heavy (non-hydrogen) atoms. The van der Waals surface area contributed by atoms with Crippen molar-refractivity contribution in [2.45, 2.75) is 191 Å². The summed E-state index contributed by atoms with van der Waals surface area (Å²) in [4.78, 5) is 0. The van der Waals surface area contributed by atoms with Crippen LogP contribution in [0.3, 0.4) is 0 Å². The van der Waals surface area contributed by atoms with Crippen LogP contribution >= 0.6 is 0 Å². The van der Waals surface area contributed by atoms with Crippen LogP contribution in [0.15, 0.2) is 0 Å². The van der Waals surface area contributed by atoms with Crippen LogP contribution in [0, 0.1) is 0 Å². The first kappa shape index (κ1) is 54.1. The Kier molecular flexibility index (Phi) is 18.8. The van der Waals surface area contributed by atoms with Gasteiger partial charge in [-0.15, -0.1) is 0 Å². The van der Waals surface area contributed by atoms with E-state index in [2.05, 4.69) is 0 Å². The molecule has 6 heterocycles. The molecule has 0 amide bonds. The van der Waals surface area contributed by atoms with E-state index in [-0.39, 0.29) is 0 Å². The number of ether oxygens (including phenoxy) is 11. The third kappa shape index (κ3) is 10.8. The van der Waals surface area contributed by atoms with Crippen LogP contribution in [0.4, 0.5) is 0 Å². The maximum Gasteiger partial charge on any atom is 0.187 e. The highest BCUT2D eigenvalue weighted by Crippen LogP contribution is 2.38. The first-order valence-corrected chi connectivity index (χ1v) is 21.0. The standard InChI is InChI=1S/C36H62O30/c1-7-13(42)17(46)22(51)32(56-7)62-27-12(6-41)61-34(24(53)20(27)49)65-29-16(45)10(4-39)60-36(63-26-11(5-40)57-31(55)21(50)19(26)48)30(29)66-35-25(54)28(15(44)9(3-38)59-35)64-33-23(52)18(47)14(43)8(2-37)58-33/h7-55H,2-6H2,1H3/t7-,8+,9+,10+,11+,12+,13-,14+,15+,16+,17+,18-,19+,20+,21+,22+,23+,24+,25+,26-,27+,28-,29-,30+,31+,32-,33-,34-,35-,36-/m0/s1. The highest BCUT2D eigenvalue weighted by atomic mass is 16.8. The van der Waals surface area contributed by atoms with Gasteiger partial charge < -0.3 is 149 Å². The Morgan fingerprint density at radius 3 is 1.17 bits per heavy atom. The Bertz CT molecular complexity index is 1490. The number of hydrogen-bond acceptors (Lipinski definition) is 30. The Morgan fingerprint density at radius 1 is 0.273 bits per heavy atom. The van der Waals surface area contributed by atoms with E-state index in [9.17, 15) is 97.0 Å². The van der Waals surface area contributed by atoms with Crippen molar-refractivity contribution in [1.29, 1.82) is 0 Å². The molecule has 0 aromatic rings. The van der Waals surface area contributed by atoms with Gasteiger partial charge in [-0.3, -0.25) is 0 Å². The lowest BCUT2D eigenvalue weighted by molar-refractivity contribution is -0.413. The van der Waals surface area contributed by atoms with Crippen LogP contribution in [-0.2, 0) is 52.1 Å². The largest absolute Gasteiger partial charge is 0.394 e. The lowest BCUT2D eigenvalue weighted by atomic mass is 9.95. The highest BCUT2D eigenvalue weighted by Gasteiger charge is 2.58. The molecule has 0 unspecified atom stereocenters. The van der Waals surface area contributed by atoms with Gasteiger partial charge in [0.2, 0.25) is 0 Å². The minimum Gasteiger partial charge on any atom is -0.394 e. The fourth-order valence-corrected chi connectivity index (χ4v) is 8.43. The molecule has 0 saturated carbocycles. The third-order valence-electron chi connectivity index (χ3n) is 12.4. The molecule has 30 atom stereocenters. The molecule has 30 heteroatoms. The Balaban J connectivity index is 1.32. The van der Waals surface area contributed by atoms with E-state index in [0.717, 1.165) is 0 Å². The normalized spacial score (nSPS) is 54.0. The molecular weight excluding hydrogens is 912 g/mol. The van der Waals surface area contributed by atoms with Gasteiger partial charge in [-0.2, -0.15) is 0 Å². The summed E-state index contributed by atoms with van der Waals surface area (Å²) in [5, 5.41) is 201. The molecule has 0 aromatic heterocycles. The molecule has 0 aromatic carbocycles. The summed E-state index contributed by atoms with van der Waals surface area (Å²) in [5.74, 6) is 0. The zero-order valence-corrected chi connectivity index (χ0v) is 34.8. The van der Waals surface area contributed by atoms with Crippen LogP contribution in [0.1, 0.15) is 6.92 Å². The van der Waals surface area contributed by atoms with E-state index in [4.69, 9.17) is 52.1 Å². The molecule has 6 aliphatic heterocycles. The average Bonchev–Trinajstić information content (AvgIpc) is 3.30. The summed E-state index contributed by atoms with van der Waals surface area (Å²) in [7, 11) is 0. The van der Waals surface area contributed by atoms with Crippen LogP contribution in [0.2, 0.25) is 0 Å². The lowest BCUT2D eigenvalue weighted by Gasteiger charge is -2.51. The van der Waals surface area contributed by atoms with Crippen molar-refractivity contribution in [2.75, 3.05) is 33.0 Å². The summed E-state index contributed by atoms with van der Waals surface area (Å²) < 4.78 is 62.3. The van der Waals surface area contributed by atoms with E-state index in [1.54, 1.807) is 0 Å². The second-order valence-corrected chi connectivity index (χ2v) is 16.7. The fourth-order valence-electron chi connectivity index (χ4n) is 8.43. The van der Waals surface area contributed by atoms with Crippen molar-refractivity contribution < 1.29 is 149 Å². The van der Waals surface area contributed by atoms with Gasteiger partial charge in [0, 0.05) is 0 Å². The fraction of sp³-hybridized carbons (Fsp3) is 1.00. The van der Waals surface area contributed by atoms with Gasteiger partial charge in [0.05, 0.1) is 39.1 Å². The molecule has 6 fully saturated rings. The molecule has 386 valence electrons. The molecule has 0 spiro atoms. The quantitative estimate of drug-likeness (QED) is 0.0724. The van der Waals surface area contributed by atoms with Crippen molar-refractivity contribution in [2.24, 2.45) is 0 Å².